The molecular weight excluding hydrogens is 344 g/mol. The molecule has 1 amide bonds. The number of benzene rings is 2. The second-order valence-corrected chi connectivity index (χ2v) is 5.69. The fraction of sp³-hybridized carbons (Fsp3) is 0.190. The molecule has 0 saturated carbocycles. The lowest BCUT2D eigenvalue weighted by Gasteiger charge is -2.08. The van der Waals surface area contributed by atoms with E-state index in [-0.39, 0.29) is 6.61 Å². The van der Waals surface area contributed by atoms with Gasteiger partial charge in [0.25, 0.3) is 5.91 Å². The predicted molar refractivity (Wildman–Crippen MR) is 101 cm³/mol. The standard InChI is InChI=1S/C21H20N2O4/c1-16-3-2-4-19(13-16)26-12-11-23-20(24)15-27-21(25)10-9-17-5-7-18(14-22)8-6-17/h2-10,13H,11-12,15H2,1H3,(H,23,24)/b10-9+. The molecule has 0 unspecified atom stereocenters. The van der Waals surface area contributed by atoms with Gasteiger partial charge in [0.15, 0.2) is 6.61 Å². The number of nitrogens with zero attached hydrogens (tertiary/aromatic N) is 1. The minimum absolute atomic E-state index is 0.311. The number of aryl methyl sites for hydroxylation is 1. The van der Waals surface area contributed by atoms with E-state index in [4.69, 9.17) is 14.7 Å². The fourth-order valence-corrected chi connectivity index (χ4v) is 2.13. The van der Waals surface area contributed by atoms with Crippen molar-refractivity contribution in [3.63, 3.8) is 0 Å². The van der Waals surface area contributed by atoms with Crippen molar-refractivity contribution in [2.24, 2.45) is 0 Å². The van der Waals surface area contributed by atoms with Gasteiger partial charge in [-0.1, -0.05) is 24.3 Å². The number of carbonyl (C=O) groups is 2. The summed E-state index contributed by atoms with van der Waals surface area (Å²) >= 11 is 0. The van der Waals surface area contributed by atoms with Crippen LogP contribution in [0.4, 0.5) is 0 Å². The molecule has 0 fully saturated rings. The summed E-state index contributed by atoms with van der Waals surface area (Å²) in [6, 6.07) is 16.4. The monoisotopic (exact) mass is 364 g/mol. The molecule has 138 valence electrons. The molecule has 1 N–H and O–H groups in total. The zero-order valence-electron chi connectivity index (χ0n) is 15.0. The molecule has 0 bridgehead atoms. The van der Waals surface area contributed by atoms with Crippen LogP contribution in [-0.2, 0) is 14.3 Å². The lowest BCUT2D eigenvalue weighted by atomic mass is 10.1. The van der Waals surface area contributed by atoms with Crippen LogP contribution in [0, 0.1) is 18.3 Å². The highest BCUT2D eigenvalue weighted by Gasteiger charge is 2.04. The fourth-order valence-electron chi connectivity index (χ4n) is 2.13. The Morgan fingerprint density at radius 1 is 1.19 bits per heavy atom. The first-order valence-corrected chi connectivity index (χ1v) is 8.38. The number of esters is 1. The summed E-state index contributed by atoms with van der Waals surface area (Å²) in [5.74, 6) is -0.280. The third-order valence-corrected chi connectivity index (χ3v) is 3.48. The van der Waals surface area contributed by atoms with Gasteiger partial charge >= 0.3 is 5.97 Å². The molecule has 6 heteroatoms. The highest BCUT2D eigenvalue weighted by molar-refractivity contribution is 5.89. The average molecular weight is 364 g/mol. The summed E-state index contributed by atoms with van der Waals surface area (Å²) < 4.78 is 10.4. The molecule has 2 aromatic rings. The normalized spacial score (nSPS) is 10.2. The average Bonchev–Trinajstić information content (AvgIpc) is 2.68. The molecule has 0 heterocycles. The maximum absolute atomic E-state index is 11.7. The second kappa shape index (κ2) is 10.4. The zero-order valence-corrected chi connectivity index (χ0v) is 15.0. The summed E-state index contributed by atoms with van der Waals surface area (Å²) in [5, 5.41) is 11.3. The van der Waals surface area contributed by atoms with E-state index in [1.165, 1.54) is 6.08 Å². The summed E-state index contributed by atoms with van der Waals surface area (Å²) in [6.07, 6.45) is 2.78. The molecule has 0 aromatic heterocycles. The second-order valence-electron chi connectivity index (χ2n) is 5.69. The van der Waals surface area contributed by atoms with Gasteiger partial charge in [-0.2, -0.15) is 5.26 Å². The van der Waals surface area contributed by atoms with Crippen LogP contribution in [0.5, 0.6) is 5.75 Å². The molecular formula is C21H20N2O4. The molecule has 0 saturated heterocycles. The van der Waals surface area contributed by atoms with Crippen LogP contribution in [0.15, 0.2) is 54.6 Å². The van der Waals surface area contributed by atoms with E-state index >= 15 is 0 Å². The molecule has 0 spiro atoms. The molecule has 0 atom stereocenters. The molecule has 2 rings (SSSR count). The van der Waals surface area contributed by atoms with Crippen LogP contribution in [0.1, 0.15) is 16.7 Å². The largest absolute Gasteiger partial charge is 0.492 e. The third-order valence-electron chi connectivity index (χ3n) is 3.48. The highest BCUT2D eigenvalue weighted by atomic mass is 16.5. The van der Waals surface area contributed by atoms with Crippen LogP contribution < -0.4 is 10.1 Å². The SMILES string of the molecule is Cc1cccc(OCCNC(=O)COC(=O)/C=C/c2ccc(C#N)cc2)c1. The summed E-state index contributed by atoms with van der Waals surface area (Å²) in [5.41, 5.74) is 2.39. The van der Waals surface area contributed by atoms with Gasteiger partial charge < -0.3 is 14.8 Å². The van der Waals surface area contributed by atoms with Crippen molar-refractivity contribution in [3.05, 3.63) is 71.3 Å². The van der Waals surface area contributed by atoms with Crippen LogP contribution in [0.2, 0.25) is 0 Å². The van der Waals surface area contributed by atoms with E-state index in [1.54, 1.807) is 30.3 Å². The van der Waals surface area contributed by atoms with Crippen LogP contribution >= 0.6 is 0 Å². The van der Waals surface area contributed by atoms with Gasteiger partial charge in [-0.05, 0) is 48.4 Å². The zero-order chi connectivity index (χ0) is 19.5. The molecule has 27 heavy (non-hydrogen) atoms. The van der Waals surface area contributed by atoms with Gasteiger partial charge in [0.05, 0.1) is 18.2 Å². The number of ether oxygens (including phenoxy) is 2. The van der Waals surface area contributed by atoms with E-state index in [2.05, 4.69) is 5.32 Å². The van der Waals surface area contributed by atoms with Gasteiger partial charge in [0.2, 0.25) is 0 Å². The molecule has 0 radical (unpaired) electrons. The quantitative estimate of drug-likeness (QED) is 0.442. The number of hydrogen-bond acceptors (Lipinski definition) is 5. The Hall–Kier alpha value is -3.59. The van der Waals surface area contributed by atoms with E-state index in [9.17, 15) is 9.59 Å². The first-order chi connectivity index (χ1) is 13.1. The van der Waals surface area contributed by atoms with Crippen molar-refractivity contribution in [2.45, 2.75) is 6.92 Å². The topological polar surface area (TPSA) is 88.4 Å². The number of nitriles is 1. The third kappa shape index (κ3) is 7.45. The van der Waals surface area contributed by atoms with Crippen LogP contribution in [0.25, 0.3) is 6.08 Å². The van der Waals surface area contributed by atoms with Gasteiger partial charge in [0.1, 0.15) is 12.4 Å². The van der Waals surface area contributed by atoms with Crippen molar-refractivity contribution >= 4 is 18.0 Å². The van der Waals surface area contributed by atoms with Gasteiger partial charge in [-0.25, -0.2) is 4.79 Å². The first-order valence-electron chi connectivity index (χ1n) is 8.38. The number of carbonyl (C=O) groups excluding carboxylic acids is 2. The van der Waals surface area contributed by atoms with E-state index < -0.39 is 11.9 Å². The molecule has 0 aliphatic rings. The first kappa shape index (κ1) is 19.7. The molecule has 0 aliphatic heterocycles. The van der Waals surface area contributed by atoms with Crippen molar-refractivity contribution in [3.8, 4) is 11.8 Å². The Balaban J connectivity index is 1.63. The number of amides is 1. The summed E-state index contributed by atoms with van der Waals surface area (Å²) in [4.78, 5) is 23.3. The van der Waals surface area contributed by atoms with Crippen LogP contribution in [-0.4, -0.2) is 31.6 Å². The molecule has 6 nitrogen and oxygen atoms in total. The van der Waals surface area contributed by atoms with Gasteiger partial charge in [-0.15, -0.1) is 0 Å². The molecule has 0 aliphatic carbocycles. The van der Waals surface area contributed by atoms with Gasteiger partial charge in [-0.3, -0.25) is 4.79 Å². The Bertz CT molecular complexity index is 851. The Kier molecular flexibility index (Phi) is 7.61. The lowest BCUT2D eigenvalue weighted by Crippen LogP contribution is -2.31. The summed E-state index contributed by atoms with van der Waals surface area (Å²) in [6.45, 7) is 2.24. The van der Waals surface area contributed by atoms with E-state index in [0.29, 0.717) is 18.7 Å². The Morgan fingerprint density at radius 3 is 2.67 bits per heavy atom. The highest BCUT2D eigenvalue weighted by Crippen LogP contribution is 2.11. The van der Waals surface area contributed by atoms with Crippen molar-refractivity contribution in [1.29, 1.82) is 5.26 Å². The minimum atomic E-state index is -0.620. The summed E-state index contributed by atoms with van der Waals surface area (Å²) in [7, 11) is 0. The van der Waals surface area contributed by atoms with Crippen LogP contribution in [0.3, 0.4) is 0 Å². The van der Waals surface area contributed by atoms with Gasteiger partial charge in [0, 0.05) is 6.08 Å². The number of rotatable bonds is 8. The molecule has 2 aromatic carbocycles. The Labute approximate surface area is 158 Å². The maximum atomic E-state index is 11.7. The van der Waals surface area contributed by atoms with E-state index in [1.807, 2.05) is 37.3 Å². The maximum Gasteiger partial charge on any atom is 0.331 e. The Morgan fingerprint density at radius 2 is 1.96 bits per heavy atom. The van der Waals surface area contributed by atoms with Crippen molar-refractivity contribution < 1.29 is 19.1 Å². The predicted octanol–water partition coefficient (Wildman–Crippen LogP) is 2.62. The number of hydrogen-bond donors (Lipinski definition) is 1. The van der Waals surface area contributed by atoms with Crippen molar-refractivity contribution in [1.82, 2.24) is 5.32 Å². The van der Waals surface area contributed by atoms with Crippen molar-refractivity contribution in [2.75, 3.05) is 19.8 Å². The van der Waals surface area contributed by atoms with E-state index in [0.717, 1.165) is 16.9 Å². The smallest absolute Gasteiger partial charge is 0.331 e. The lowest BCUT2D eigenvalue weighted by molar-refractivity contribution is -0.143. The minimum Gasteiger partial charge on any atom is -0.492 e. The number of nitrogens with one attached hydrogen (secondary N) is 1.